The Kier molecular flexibility index (Phi) is 3.34. The van der Waals surface area contributed by atoms with Gasteiger partial charge in [-0.15, -0.1) is 0 Å². The second kappa shape index (κ2) is 5.13. The van der Waals surface area contributed by atoms with Crippen molar-refractivity contribution in [3.63, 3.8) is 0 Å². The lowest BCUT2D eigenvalue weighted by molar-refractivity contribution is 0.103. The number of benzene rings is 1. The first kappa shape index (κ1) is 12.4. The van der Waals surface area contributed by atoms with Crippen LogP contribution in [0.15, 0.2) is 47.1 Å². The van der Waals surface area contributed by atoms with E-state index < -0.39 is 0 Å². The average Bonchev–Trinajstić information content (AvgIpc) is 3.23. The molecule has 19 heavy (non-hydrogen) atoms. The van der Waals surface area contributed by atoms with Crippen molar-refractivity contribution in [3.05, 3.63) is 58.3 Å². The maximum Gasteiger partial charge on any atom is 0.212 e. The summed E-state index contributed by atoms with van der Waals surface area (Å²) >= 11 is 3.34. The number of carbonyl (C=O) groups excluding carboxylic acids is 1. The van der Waals surface area contributed by atoms with Gasteiger partial charge in [-0.3, -0.25) is 9.78 Å². The molecule has 1 saturated carbocycles. The molecule has 0 spiro atoms. The van der Waals surface area contributed by atoms with Crippen LogP contribution in [0.1, 0.15) is 28.9 Å². The zero-order valence-electron chi connectivity index (χ0n) is 10.2. The topological polar surface area (TPSA) is 39.2 Å². The number of aromatic nitrogens is 1. The normalized spacial score (nSPS) is 14.2. The van der Waals surface area contributed by atoms with Crippen molar-refractivity contribution in [3.8, 4) is 5.75 Å². The largest absolute Gasteiger partial charge is 0.490 e. The van der Waals surface area contributed by atoms with Crippen molar-refractivity contribution in [2.45, 2.75) is 18.9 Å². The highest BCUT2D eigenvalue weighted by Crippen LogP contribution is 2.27. The Hall–Kier alpha value is -1.68. The Balaban J connectivity index is 1.81. The molecule has 0 bridgehead atoms. The minimum atomic E-state index is -0.0922. The van der Waals surface area contributed by atoms with E-state index in [0.29, 0.717) is 21.8 Å². The van der Waals surface area contributed by atoms with Gasteiger partial charge in [0.2, 0.25) is 5.78 Å². The summed E-state index contributed by atoms with van der Waals surface area (Å²) in [4.78, 5) is 16.4. The molecule has 1 aromatic carbocycles. The zero-order chi connectivity index (χ0) is 13.2. The molecule has 3 rings (SSSR count). The van der Waals surface area contributed by atoms with Crippen LogP contribution in [0.5, 0.6) is 5.75 Å². The van der Waals surface area contributed by atoms with E-state index in [1.54, 1.807) is 24.4 Å². The van der Waals surface area contributed by atoms with Crippen molar-refractivity contribution in [2.75, 3.05) is 0 Å². The Morgan fingerprint density at radius 3 is 2.58 bits per heavy atom. The SMILES string of the molecule is O=C(c1ccc(OC2CC2)cc1)c1ncccc1Br. The van der Waals surface area contributed by atoms with Crippen molar-refractivity contribution in [1.82, 2.24) is 4.98 Å². The van der Waals surface area contributed by atoms with Gasteiger partial charge >= 0.3 is 0 Å². The molecule has 1 aliphatic rings. The standard InChI is InChI=1S/C15H12BrNO2/c16-13-2-1-9-17-14(13)15(18)10-3-5-11(6-4-10)19-12-7-8-12/h1-6,9,12H,7-8H2. The summed E-state index contributed by atoms with van der Waals surface area (Å²) < 4.78 is 6.36. The van der Waals surface area contributed by atoms with Crippen LogP contribution in [0.4, 0.5) is 0 Å². The molecule has 1 aliphatic carbocycles. The van der Waals surface area contributed by atoms with Gasteiger partial charge in [0.15, 0.2) is 0 Å². The van der Waals surface area contributed by atoms with Crippen molar-refractivity contribution >= 4 is 21.7 Å². The second-order valence-corrected chi connectivity index (χ2v) is 5.36. The molecule has 0 saturated heterocycles. The van der Waals surface area contributed by atoms with Gasteiger partial charge in [0, 0.05) is 16.2 Å². The maximum atomic E-state index is 12.3. The Bertz CT molecular complexity index is 606. The van der Waals surface area contributed by atoms with Crippen LogP contribution in [-0.4, -0.2) is 16.9 Å². The fraction of sp³-hybridized carbons (Fsp3) is 0.200. The quantitative estimate of drug-likeness (QED) is 0.808. The lowest BCUT2D eigenvalue weighted by atomic mass is 10.1. The summed E-state index contributed by atoms with van der Waals surface area (Å²) in [6.45, 7) is 0. The molecule has 2 aromatic rings. The summed E-state index contributed by atoms with van der Waals surface area (Å²) in [5, 5.41) is 0. The van der Waals surface area contributed by atoms with Crippen LogP contribution in [0.25, 0.3) is 0 Å². The molecule has 1 heterocycles. The highest BCUT2D eigenvalue weighted by atomic mass is 79.9. The molecular formula is C15H12BrNO2. The smallest absolute Gasteiger partial charge is 0.212 e. The number of hydrogen-bond donors (Lipinski definition) is 0. The van der Waals surface area contributed by atoms with E-state index in [4.69, 9.17) is 4.74 Å². The van der Waals surface area contributed by atoms with Crippen LogP contribution in [0.3, 0.4) is 0 Å². The van der Waals surface area contributed by atoms with E-state index in [9.17, 15) is 4.79 Å². The summed E-state index contributed by atoms with van der Waals surface area (Å²) in [7, 11) is 0. The molecule has 0 N–H and O–H groups in total. The van der Waals surface area contributed by atoms with Gasteiger partial charge in [-0.05, 0) is 65.2 Å². The molecule has 1 fully saturated rings. The summed E-state index contributed by atoms with van der Waals surface area (Å²) in [5.41, 5.74) is 1.04. The Morgan fingerprint density at radius 1 is 1.21 bits per heavy atom. The molecule has 0 unspecified atom stereocenters. The first-order valence-corrected chi connectivity index (χ1v) is 6.95. The molecule has 0 amide bonds. The van der Waals surface area contributed by atoms with Crippen molar-refractivity contribution in [1.29, 1.82) is 0 Å². The van der Waals surface area contributed by atoms with E-state index in [2.05, 4.69) is 20.9 Å². The van der Waals surface area contributed by atoms with Gasteiger partial charge in [-0.1, -0.05) is 0 Å². The van der Waals surface area contributed by atoms with Crippen molar-refractivity contribution in [2.24, 2.45) is 0 Å². The van der Waals surface area contributed by atoms with Crippen LogP contribution in [0, 0.1) is 0 Å². The summed E-state index contributed by atoms with van der Waals surface area (Å²) in [6.07, 6.45) is 4.23. The monoisotopic (exact) mass is 317 g/mol. The fourth-order valence-corrected chi connectivity index (χ4v) is 2.19. The number of nitrogens with zero attached hydrogens (tertiary/aromatic N) is 1. The second-order valence-electron chi connectivity index (χ2n) is 4.50. The number of carbonyl (C=O) groups is 1. The minimum Gasteiger partial charge on any atom is -0.490 e. The van der Waals surface area contributed by atoms with E-state index in [1.807, 2.05) is 18.2 Å². The number of ketones is 1. The number of halogens is 1. The number of pyridine rings is 1. The van der Waals surface area contributed by atoms with Gasteiger partial charge in [0.25, 0.3) is 0 Å². The zero-order valence-corrected chi connectivity index (χ0v) is 11.8. The number of ether oxygens (including phenoxy) is 1. The predicted octanol–water partition coefficient (Wildman–Crippen LogP) is 3.62. The van der Waals surface area contributed by atoms with Crippen LogP contribution in [0.2, 0.25) is 0 Å². The highest BCUT2D eigenvalue weighted by Gasteiger charge is 2.23. The minimum absolute atomic E-state index is 0.0922. The third-order valence-corrected chi connectivity index (χ3v) is 3.56. The van der Waals surface area contributed by atoms with E-state index >= 15 is 0 Å². The molecular weight excluding hydrogens is 306 g/mol. The number of hydrogen-bond acceptors (Lipinski definition) is 3. The maximum absolute atomic E-state index is 12.3. The van der Waals surface area contributed by atoms with E-state index in [1.165, 1.54) is 0 Å². The fourth-order valence-electron chi connectivity index (χ4n) is 1.75. The molecule has 0 atom stereocenters. The van der Waals surface area contributed by atoms with Crippen LogP contribution in [-0.2, 0) is 0 Å². The molecule has 0 radical (unpaired) electrons. The third-order valence-electron chi connectivity index (χ3n) is 2.92. The lowest BCUT2D eigenvalue weighted by Crippen LogP contribution is -2.05. The first-order chi connectivity index (χ1) is 9.24. The van der Waals surface area contributed by atoms with Gasteiger partial charge < -0.3 is 4.74 Å². The van der Waals surface area contributed by atoms with Gasteiger partial charge in [-0.2, -0.15) is 0 Å². The lowest BCUT2D eigenvalue weighted by Gasteiger charge is -2.06. The van der Waals surface area contributed by atoms with Gasteiger partial charge in [0.05, 0.1) is 6.10 Å². The first-order valence-electron chi connectivity index (χ1n) is 6.16. The van der Waals surface area contributed by atoms with Crippen molar-refractivity contribution < 1.29 is 9.53 Å². The molecule has 4 heteroatoms. The predicted molar refractivity (Wildman–Crippen MR) is 75.5 cm³/mol. The van der Waals surface area contributed by atoms with Crippen LogP contribution < -0.4 is 4.74 Å². The van der Waals surface area contributed by atoms with E-state index in [-0.39, 0.29) is 5.78 Å². The summed E-state index contributed by atoms with van der Waals surface area (Å²) in [6, 6.07) is 10.8. The molecule has 96 valence electrons. The molecule has 3 nitrogen and oxygen atoms in total. The summed E-state index contributed by atoms with van der Waals surface area (Å²) in [5.74, 6) is 0.726. The number of rotatable bonds is 4. The Labute approximate surface area is 119 Å². The Morgan fingerprint density at radius 2 is 1.95 bits per heavy atom. The van der Waals surface area contributed by atoms with Gasteiger partial charge in [0.1, 0.15) is 11.4 Å². The highest BCUT2D eigenvalue weighted by molar-refractivity contribution is 9.10. The third kappa shape index (κ3) is 2.84. The van der Waals surface area contributed by atoms with E-state index in [0.717, 1.165) is 18.6 Å². The molecule has 1 aromatic heterocycles. The average molecular weight is 318 g/mol. The van der Waals surface area contributed by atoms with Gasteiger partial charge in [-0.25, -0.2) is 0 Å². The van der Waals surface area contributed by atoms with Crippen LogP contribution >= 0.6 is 15.9 Å². The molecule has 0 aliphatic heterocycles.